The zero-order valence-corrected chi connectivity index (χ0v) is 22.6. The summed E-state index contributed by atoms with van der Waals surface area (Å²) in [5.41, 5.74) is 2.56. The molecule has 3 aromatic rings. The molecule has 30 heavy (non-hydrogen) atoms. The van der Waals surface area contributed by atoms with Gasteiger partial charge in [0.2, 0.25) is 0 Å². The number of ether oxygens (including phenoxy) is 1. The van der Waals surface area contributed by atoms with Crippen molar-refractivity contribution in [2.75, 3.05) is 0 Å². The van der Waals surface area contributed by atoms with Crippen LogP contribution >= 0.6 is 27.3 Å². The Hall–Kier alpha value is -1.07. The fraction of sp³-hybridized carbons (Fsp3) is 0.391. The zero-order chi connectivity index (χ0) is 20.6. The molecule has 0 saturated heterocycles. The molecular weight excluding hydrogens is 632 g/mol. The number of hydrogen-bond donors (Lipinski definition) is 0. The van der Waals surface area contributed by atoms with Crippen molar-refractivity contribution in [2.24, 2.45) is 0 Å². The van der Waals surface area contributed by atoms with Gasteiger partial charge in [-0.25, -0.2) is 4.98 Å². The van der Waals surface area contributed by atoms with Crippen molar-refractivity contribution in [3.05, 3.63) is 68.4 Å². The van der Waals surface area contributed by atoms with Crippen molar-refractivity contribution in [3.63, 3.8) is 0 Å². The number of hydrogen-bond acceptors (Lipinski definition) is 4. The Morgan fingerprint density at radius 3 is 2.50 bits per heavy atom. The molecule has 4 rings (SSSR count). The van der Waals surface area contributed by atoms with E-state index >= 15 is 0 Å². The Labute approximate surface area is 204 Å². The molecular formula is C23H24BrN2O2SW-. The number of halogens is 1. The van der Waals surface area contributed by atoms with E-state index in [1.807, 2.05) is 45.0 Å². The Morgan fingerprint density at radius 1 is 1.20 bits per heavy atom. The van der Waals surface area contributed by atoms with Gasteiger partial charge in [-0.15, -0.1) is 16.9 Å². The summed E-state index contributed by atoms with van der Waals surface area (Å²) in [4.78, 5) is 17.4. The molecule has 0 unspecified atom stereocenters. The molecule has 1 aliphatic carbocycles. The normalized spacial score (nSPS) is 14.9. The van der Waals surface area contributed by atoms with Gasteiger partial charge < -0.3 is 10.1 Å². The van der Waals surface area contributed by atoms with E-state index < -0.39 is 11.1 Å². The molecule has 0 spiro atoms. The van der Waals surface area contributed by atoms with Crippen molar-refractivity contribution >= 4 is 43.5 Å². The van der Waals surface area contributed by atoms with E-state index in [-0.39, 0.29) is 33.5 Å². The number of rotatable bonds is 5. The first-order chi connectivity index (χ1) is 13.7. The van der Waals surface area contributed by atoms with Gasteiger partial charge in [-0.05, 0) is 62.9 Å². The van der Waals surface area contributed by atoms with Crippen molar-refractivity contribution in [2.45, 2.75) is 57.7 Å². The standard InChI is InChI=1S/C23H24BrN2O2S.W/c1-22(2,3)28-21(27)13-23(11-15-6-4-5-7-16(15)12-23)25-14-20-26-18-10-17(24)8-9-19(18)29-20;/h4-10H,11-14H2,1-3H3;/q-1;. The van der Waals surface area contributed by atoms with Crippen LogP contribution in [0.3, 0.4) is 0 Å². The first kappa shape index (κ1) is 23.6. The van der Waals surface area contributed by atoms with E-state index in [4.69, 9.17) is 15.0 Å². The predicted molar refractivity (Wildman–Crippen MR) is 121 cm³/mol. The number of esters is 1. The third-order valence-corrected chi connectivity index (χ3v) is 6.51. The molecule has 4 nitrogen and oxygen atoms in total. The van der Waals surface area contributed by atoms with E-state index in [9.17, 15) is 4.79 Å². The largest absolute Gasteiger partial charge is 0.650 e. The van der Waals surface area contributed by atoms with Crippen LogP contribution in [-0.4, -0.2) is 22.1 Å². The molecule has 0 bridgehead atoms. The van der Waals surface area contributed by atoms with Gasteiger partial charge in [-0.2, -0.15) is 0 Å². The first-order valence-corrected chi connectivity index (χ1v) is 11.3. The third-order valence-electron chi connectivity index (χ3n) is 4.99. The fourth-order valence-corrected chi connectivity index (χ4v) is 5.09. The smallest absolute Gasteiger partial charge is 0.305 e. The minimum absolute atomic E-state index is 0. The maximum atomic E-state index is 12.7. The number of thiazole rings is 1. The predicted octanol–water partition coefficient (Wildman–Crippen LogP) is 6.20. The average Bonchev–Trinajstić information content (AvgIpc) is 3.18. The Balaban J connectivity index is 0.00000256. The number of benzene rings is 2. The number of aromatic nitrogens is 1. The molecule has 1 heterocycles. The number of fused-ring (bicyclic) bond motifs is 2. The van der Waals surface area contributed by atoms with Crippen LogP contribution in [0.1, 0.15) is 43.3 Å². The molecule has 0 fully saturated rings. The van der Waals surface area contributed by atoms with Crippen LogP contribution in [0.4, 0.5) is 0 Å². The Kier molecular flexibility index (Phi) is 7.23. The van der Waals surface area contributed by atoms with Crippen molar-refractivity contribution in [3.8, 4) is 0 Å². The summed E-state index contributed by atoms with van der Waals surface area (Å²) in [5, 5.41) is 6.03. The van der Waals surface area contributed by atoms with Gasteiger partial charge in [-0.3, -0.25) is 4.79 Å². The fourth-order valence-electron chi connectivity index (χ4n) is 3.86. The second-order valence-electron chi connectivity index (χ2n) is 8.65. The SMILES string of the molecule is CC(C)(C)OC(=O)CC1([N-]Cc2nc3cc(Br)ccc3s2)Cc2ccccc2C1.[W]. The van der Waals surface area contributed by atoms with Crippen LogP contribution in [0.15, 0.2) is 46.9 Å². The topological polar surface area (TPSA) is 53.3 Å². The van der Waals surface area contributed by atoms with E-state index in [2.05, 4.69) is 34.1 Å². The quantitative estimate of drug-likeness (QED) is 0.308. The summed E-state index contributed by atoms with van der Waals surface area (Å²) in [6.07, 6.45) is 1.81. The molecule has 158 valence electrons. The molecule has 0 atom stereocenters. The van der Waals surface area contributed by atoms with Gasteiger partial charge in [-0.1, -0.05) is 46.7 Å². The van der Waals surface area contributed by atoms with Crippen molar-refractivity contribution in [1.82, 2.24) is 4.98 Å². The first-order valence-electron chi connectivity index (χ1n) is 9.74. The zero-order valence-electron chi connectivity index (χ0n) is 17.3. The van der Waals surface area contributed by atoms with Crippen LogP contribution in [0.5, 0.6) is 0 Å². The van der Waals surface area contributed by atoms with E-state index in [1.54, 1.807) is 11.3 Å². The summed E-state index contributed by atoms with van der Waals surface area (Å²) >= 11 is 5.16. The maximum Gasteiger partial charge on any atom is 0.305 e. The van der Waals surface area contributed by atoms with Crippen molar-refractivity contribution in [1.29, 1.82) is 0 Å². The number of carbonyl (C=O) groups excluding carboxylic acids is 1. The van der Waals surface area contributed by atoms with Gasteiger partial charge >= 0.3 is 5.97 Å². The Bertz CT molecular complexity index is 1040. The van der Waals surface area contributed by atoms with Crippen LogP contribution in [0.2, 0.25) is 0 Å². The average molecular weight is 656 g/mol. The minimum atomic E-state index is -0.496. The van der Waals surface area contributed by atoms with Gasteiger partial charge in [0, 0.05) is 32.0 Å². The summed E-state index contributed by atoms with van der Waals surface area (Å²) in [7, 11) is 0. The maximum absolute atomic E-state index is 12.7. The minimum Gasteiger partial charge on any atom is -0.650 e. The monoisotopic (exact) mass is 655 g/mol. The third kappa shape index (κ3) is 5.59. The number of carbonyl (C=O) groups is 1. The molecule has 0 aliphatic heterocycles. The van der Waals surface area contributed by atoms with Gasteiger partial charge in [0.15, 0.2) is 0 Å². The molecule has 0 N–H and O–H groups in total. The summed E-state index contributed by atoms with van der Waals surface area (Å²) < 4.78 is 7.79. The summed E-state index contributed by atoms with van der Waals surface area (Å²) in [6, 6.07) is 14.5. The molecule has 0 radical (unpaired) electrons. The van der Waals surface area contributed by atoms with Crippen molar-refractivity contribution < 1.29 is 30.6 Å². The molecule has 0 amide bonds. The second kappa shape index (κ2) is 9.20. The van der Waals surface area contributed by atoms with Gasteiger partial charge in [0.25, 0.3) is 0 Å². The van der Waals surface area contributed by atoms with E-state index in [1.165, 1.54) is 11.1 Å². The van der Waals surface area contributed by atoms with Gasteiger partial charge in [0.1, 0.15) is 5.60 Å². The second-order valence-corrected chi connectivity index (χ2v) is 10.7. The molecule has 1 aromatic heterocycles. The van der Waals surface area contributed by atoms with Crippen LogP contribution < -0.4 is 0 Å². The van der Waals surface area contributed by atoms with E-state index in [0.717, 1.165) is 32.5 Å². The van der Waals surface area contributed by atoms with Crippen LogP contribution in [0.25, 0.3) is 15.5 Å². The summed E-state index contributed by atoms with van der Waals surface area (Å²) in [5.74, 6) is -0.192. The Morgan fingerprint density at radius 2 is 1.87 bits per heavy atom. The van der Waals surface area contributed by atoms with Crippen LogP contribution in [-0.2, 0) is 50.0 Å². The van der Waals surface area contributed by atoms with Gasteiger partial charge in [0.05, 0.1) is 15.2 Å². The number of nitrogens with zero attached hydrogens (tertiary/aromatic N) is 2. The van der Waals surface area contributed by atoms with E-state index in [0.29, 0.717) is 6.54 Å². The summed E-state index contributed by atoms with van der Waals surface area (Å²) in [6.45, 7) is 6.21. The molecule has 0 saturated carbocycles. The molecule has 1 aliphatic rings. The molecule has 2 aromatic carbocycles. The molecule has 7 heteroatoms. The van der Waals surface area contributed by atoms with Crippen LogP contribution in [0, 0.1) is 0 Å².